The molecule has 1 heterocycles. The number of hydrogen-bond acceptors (Lipinski definition) is 2. The third-order valence-corrected chi connectivity index (χ3v) is 5.58. The third kappa shape index (κ3) is 3.73. The van der Waals surface area contributed by atoms with Gasteiger partial charge in [0.1, 0.15) is 0 Å². The van der Waals surface area contributed by atoms with Crippen LogP contribution in [0.2, 0.25) is 5.02 Å². The van der Waals surface area contributed by atoms with Crippen LogP contribution in [-0.4, -0.2) is 25.7 Å². The number of nitrogens with one attached hydrogen (secondary N) is 1. The van der Waals surface area contributed by atoms with Crippen molar-refractivity contribution >= 4 is 17.3 Å². The zero-order valence-electron chi connectivity index (χ0n) is 13.1. The van der Waals surface area contributed by atoms with Crippen molar-refractivity contribution in [2.75, 3.05) is 24.5 Å². The lowest BCUT2D eigenvalue weighted by Gasteiger charge is -2.33. The highest BCUT2D eigenvalue weighted by Crippen LogP contribution is 2.29. The molecule has 1 N–H and O–H groups in total. The molecule has 1 aromatic rings. The minimum Gasteiger partial charge on any atom is -0.370 e. The summed E-state index contributed by atoms with van der Waals surface area (Å²) in [4.78, 5) is 2.53. The summed E-state index contributed by atoms with van der Waals surface area (Å²) in [6.45, 7) is 5.48. The standard InChI is InChI=1S/C18H27ClN2/c1-14-8-9-16(12-17(14)19)21-11-5-10-20-18(13-21)15-6-3-2-4-7-15/h8-9,12,15,18,20H,2-7,10-11,13H2,1H3. The number of hydrogen-bond donors (Lipinski definition) is 1. The van der Waals surface area contributed by atoms with E-state index in [0.717, 1.165) is 36.1 Å². The number of halogens is 1. The highest BCUT2D eigenvalue weighted by molar-refractivity contribution is 6.31. The Balaban J connectivity index is 1.73. The Morgan fingerprint density at radius 1 is 1.14 bits per heavy atom. The Morgan fingerprint density at radius 3 is 2.71 bits per heavy atom. The van der Waals surface area contributed by atoms with Crippen LogP contribution < -0.4 is 10.2 Å². The fraction of sp³-hybridized carbons (Fsp3) is 0.667. The Kier molecular flexibility index (Phi) is 5.07. The zero-order chi connectivity index (χ0) is 14.7. The van der Waals surface area contributed by atoms with E-state index in [4.69, 9.17) is 11.6 Å². The first-order chi connectivity index (χ1) is 10.2. The molecule has 0 bridgehead atoms. The minimum atomic E-state index is 0.646. The molecule has 2 aliphatic rings. The molecular formula is C18H27ClN2. The molecule has 1 atom stereocenters. The molecule has 1 aromatic carbocycles. The molecular weight excluding hydrogens is 280 g/mol. The molecule has 1 saturated heterocycles. The van der Waals surface area contributed by atoms with E-state index in [-0.39, 0.29) is 0 Å². The summed E-state index contributed by atoms with van der Waals surface area (Å²) in [5.41, 5.74) is 2.45. The van der Waals surface area contributed by atoms with E-state index in [2.05, 4.69) is 35.3 Å². The van der Waals surface area contributed by atoms with Crippen molar-refractivity contribution in [2.24, 2.45) is 5.92 Å². The van der Waals surface area contributed by atoms with Gasteiger partial charge in [0, 0.05) is 29.8 Å². The molecule has 0 spiro atoms. The maximum absolute atomic E-state index is 6.32. The normalized spacial score (nSPS) is 24.9. The highest BCUT2D eigenvalue weighted by Gasteiger charge is 2.27. The Bertz CT molecular complexity index is 468. The molecule has 0 radical (unpaired) electrons. The second-order valence-electron chi connectivity index (χ2n) is 6.69. The quantitative estimate of drug-likeness (QED) is 0.871. The highest BCUT2D eigenvalue weighted by atomic mass is 35.5. The molecule has 1 saturated carbocycles. The van der Waals surface area contributed by atoms with Crippen molar-refractivity contribution in [3.05, 3.63) is 28.8 Å². The number of rotatable bonds is 2. The summed E-state index contributed by atoms with van der Waals surface area (Å²) >= 11 is 6.32. The van der Waals surface area contributed by atoms with E-state index in [1.54, 1.807) is 0 Å². The molecule has 2 nitrogen and oxygen atoms in total. The summed E-state index contributed by atoms with van der Waals surface area (Å²) in [5, 5.41) is 4.69. The largest absolute Gasteiger partial charge is 0.370 e. The average molecular weight is 307 g/mol. The zero-order valence-corrected chi connectivity index (χ0v) is 13.8. The van der Waals surface area contributed by atoms with Gasteiger partial charge in [-0.05, 0) is 56.3 Å². The topological polar surface area (TPSA) is 15.3 Å². The average Bonchev–Trinajstić information content (AvgIpc) is 2.77. The Morgan fingerprint density at radius 2 is 1.95 bits per heavy atom. The van der Waals surface area contributed by atoms with Gasteiger partial charge < -0.3 is 10.2 Å². The van der Waals surface area contributed by atoms with Crippen LogP contribution in [-0.2, 0) is 0 Å². The van der Waals surface area contributed by atoms with E-state index in [1.807, 2.05) is 0 Å². The van der Waals surface area contributed by atoms with Crippen molar-refractivity contribution < 1.29 is 0 Å². The first kappa shape index (κ1) is 15.2. The number of anilines is 1. The lowest BCUT2D eigenvalue weighted by Crippen LogP contribution is -2.43. The van der Waals surface area contributed by atoms with E-state index in [1.165, 1.54) is 44.2 Å². The SMILES string of the molecule is Cc1ccc(N2CCCNC(C3CCCCC3)C2)cc1Cl. The molecule has 3 heteroatoms. The number of nitrogens with zero attached hydrogens (tertiary/aromatic N) is 1. The van der Waals surface area contributed by atoms with Gasteiger partial charge in [-0.25, -0.2) is 0 Å². The van der Waals surface area contributed by atoms with E-state index in [9.17, 15) is 0 Å². The molecule has 116 valence electrons. The van der Waals surface area contributed by atoms with Gasteiger partial charge in [0.15, 0.2) is 0 Å². The predicted molar refractivity (Wildman–Crippen MR) is 91.4 cm³/mol. The van der Waals surface area contributed by atoms with Crippen LogP contribution in [0.15, 0.2) is 18.2 Å². The molecule has 3 rings (SSSR count). The van der Waals surface area contributed by atoms with Crippen molar-refractivity contribution in [3.63, 3.8) is 0 Å². The molecule has 0 aromatic heterocycles. The van der Waals surface area contributed by atoms with E-state index < -0.39 is 0 Å². The first-order valence-electron chi connectivity index (χ1n) is 8.48. The van der Waals surface area contributed by atoms with E-state index in [0.29, 0.717) is 6.04 Å². The Hall–Kier alpha value is -0.730. The molecule has 21 heavy (non-hydrogen) atoms. The van der Waals surface area contributed by atoms with Crippen molar-refractivity contribution in [3.8, 4) is 0 Å². The summed E-state index contributed by atoms with van der Waals surface area (Å²) in [7, 11) is 0. The van der Waals surface area contributed by atoms with Gasteiger partial charge in [0.05, 0.1) is 0 Å². The maximum atomic E-state index is 6.32. The fourth-order valence-corrected chi connectivity index (χ4v) is 3.99. The van der Waals surface area contributed by atoms with Crippen molar-refractivity contribution in [1.29, 1.82) is 0 Å². The summed E-state index contributed by atoms with van der Waals surface area (Å²) in [5.74, 6) is 0.861. The van der Waals surface area contributed by atoms with Gasteiger partial charge in [-0.3, -0.25) is 0 Å². The van der Waals surface area contributed by atoms with Crippen LogP contribution in [0.1, 0.15) is 44.1 Å². The van der Waals surface area contributed by atoms with E-state index >= 15 is 0 Å². The van der Waals surface area contributed by atoms with Crippen LogP contribution in [0.5, 0.6) is 0 Å². The van der Waals surface area contributed by atoms with Crippen LogP contribution in [0, 0.1) is 12.8 Å². The van der Waals surface area contributed by atoms with Gasteiger partial charge in [-0.1, -0.05) is 36.9 Å². The molecule has 1 aliphatic carbocycles. The minimum absolute atomic E-state index is 0.646. The second-order valence-corrected chi connectivity index (χ2v) is 7.10. The van der Waals surface area contributed by atoms with Crippen molar-refractivity contribution in [1.82, 2.24) is 5.32 Å². The van der Waals surface area contributed by atoms with Gasteiger partial charge in [-0.2, -0.15) is 0 Å². The fourth-order valence-electron chi connectivity index (χ4n) is 3.82. The molecule has 2 fully saturated rings. The monoisotopic (exact) mass is 306 g/mol. The van der Waals surface area contributed by atoms with Crippen LogP contribution in [0.3, 0.4) is 0 Å². The summed E-state index contributed by atoms with van der Waals surface area (Å²) < 4.78 is 0. The van der Waals surface area contributed by atoms with Crippen molar-refractivity contribution in [2.45, 2.75) is 51.5 Å². The second kappa shape index (κ2) is 7.02. The molecule has 0 amide bonds. The van der Waals surface area contributed by atoms with Crippen LogP contribution >= 0.6 is 11.6 Å². The lowest BCUT2D eigenvalue weighted by molar-refractivity contribution is 0.277. The van der Waals surface area contributed by atoms with Gasteiger partial charge in [0.25, 0.3) is 0 Å². The predicted octanol–water partition coefficient (Wildman–Crippen LogP) is 4.40. The maximum Gasteiger partial charge on any atom is 0.0455 e. The molecule has 1 unspecified atom stereocenters. The first-order valence-corrected chi connectivity index (χ1v) is 8.86. The number of aryl methyl sites for hydroxylation is 1. The summed E-state index contributed by atoms with van der Waals surface area (Å²) in [6, 6.07) is 7.16. The lowest BCUT2D eigenvalue weighted by atomic mass is 9.83. The van der Waals surface area contributed by atoms with Gasteiger partial charge in [0.2, 0.25) is 0 Å². The van der Waals surface area contributed by atoms with Crippen LogP contribution in [0.4, 0.5) is 5.69 Å². The number of benzene rings is 1. The van der Waals surface area contributed by atoms with Gasteiger partial charge in [-0.15, -0.1) is 0 Å². The smallest absolute Gasteiger partial charge is 0.0455 e. The Labute approximate surface area is 133 Å². The summed E-state index contributed by atoms with van der Waals surface area (Å²) in [6.07, 6.45) is 8.29. The third-order valence-electron chi connectivity index (χ3n) is 5.17. The van der Waals surface area contributed by atoms with Crippen LogP contribution in [0.25, 0.3) is 0 Å². The van der Waals surface area contributed by atoms with Gasteiger partial charge >= 0.3 is 0 Å². The molecule has 1 aliphatic heterocycles.